The molecular formula is C16H23N5O4. The lowest BCUT2D eigenvalue weighted by Gasteiger charge is -2.31. The SMILES string of the molecule is CC(C)(C)N1CC(C(=O)NCCNC(=O)c2ccc(=O)[nH]n2)CC1=O. The molecule has 1 atom stereocenters. The normalized spacial score (nSPS) is 17.5. The Morgan fingerprint density at radius 2 is 1.92 bits per heavy atom. The van der Waals surface area contributed by atoms with Gasteiger partial charge < -0.3 is 15.5 Å². The molecule has 2 rings (SSSR count). The smallest absolute Gasteiger partial charge is 0.271 e. The van der Waals surface area contributed by atoms with Crippen molar-refractivity contribution in [1.82, 2.24) is 25.7 Å². The second kappa shape index (κ2) is 7.45. The number of hydrogen-bond donors (Lipinski definition) is 3. The number of nitrogens with zero attached hydrogens (tertiary/aromatic N) is 2. The molecule has 2 heterocycles. The van der Waals surface area contributed by atoms with Gasteiger partial charge in [-0.25, -0.2) is 5.10 Å². The predicted molar refractivity (Wildman–Crippen MR) is 89.8 cm³/mol. The number of carbonyl (C=O) groups is 3. The van der Waals surface area contributed by atoms with E-state index < -0.39 is 5.91 Å². The number of likely N-dealkylation sites (tertiary alicyclic amines) is 1. The number of nitrogens with one attached hydrogen (secondary N) is 3. The highest BCUT2D eigenvalue weighted by Crippen LogP contribution is 2.25. The minimum absolute atomic E-state index is 0.0231. The first-order valence-electron chi connectivity index (χ1n) is 8.10. The average Bonchev–Trinajstić information content (AvgIpc) is 2.94. The van der Waals surface area contributed by atoms with Crippen molar-refractivity contribution in [3.63, 3.8) is 0 Å². The topological polar surface area (TPSA) is 124 Å². The van der Waals surface area contributed by atoms with Gasteiger partial charge in [-0.15, -0.1) is 0 Å². The molecule has 3 N–H and O–H groups in total. The van der Waals surface area contributed by atoms with Gasteiger partial charge in [-0.05, 0) is 26.8 Å². The number of H-pyrrole nitrogens is 1. The first-order chi connectivity index (χ1) is 11.7. The Kier molecular flexibility index (Phi) is 5.55. The fraction of sp³-hybridized carbons (Fsp3) is 0.562. The lowest BCUT2D eigenvalue weighted by molar-refractivity contribution is -0.132. The Bertz CT molecular complexity index is 701. The van der Waals surface area contributed by atoms with Crippen LogP contribution in [0.1, 0.15) is 37.7 Å². The van der Waals surface area contributed by atoms with Crippen LogP contribution in [0.5, 0.6) is 0 Å². The first-order valence-corrected chi connectivity index (χ1v) is 8.10. The van der Waals surface area contributed by atoms with Crippen molar-refractivity contribution in [3.05, 3.63) is 28.2 Å². The summed E-state index contributed by atoms with van der Waals surface area (Å²) >= 11 is 0. The summed E-state index contributed by atoms with van der Waals surface area (Å²) in [7, 11) is 0. The van der Waals surface area contributed by atoms with Crippen LogP contribution >= 0.6 is 0 Å². The molecule has 0 aromatic carbocycles. The average molecular weight is 349 g/mol. The summed E-state index contributed by atoms with van der Waals surface area (Å²) in [6.07, 6.45) is 0.205. The minimum atomic E-state index is -0.444. The molecule has 1 fully saturated rings. The van der Waals surface area contributed by atoms with Crippen molar-refractivity contribution in [3.8, 4) is 0 Å². The Hall–Kier alpha value is -2.71. The third-order valence-corrected chi connectivity index (χ3v) is 3.93. The highest BCUT2D eigenvalue weighted by molar-refractivity contribution is 5.92. The van der Waals surface area contributed by atoms with Gasteiger partial charge in [0.15, 0.2) is 0 Å². The van der Waals surface area contributed by atoms with E-state index in [0.717, 1.165) is 0 Å². The predicted octanol–water partition coefficient (Wildman–Crippen LogP) is -0.737. The van der Waals surface area contributed by atoms with Gasteiger partial charge in [-0.2, -0.15) is 5.10 Å². The number of hydrogen-bond acceptors (Lipinski definition) is 5. The van der Waals surface area contributed by atoms with Crippen LogP contribution in [0.3, 0.4) is 0 Å². The molecule has 1 saturated heterocycles. The second-order valence-corrected chi connectivity index (χ2v) is 6.93. The standard InChI is InChI=1S/C16H23N5O4/c1-16(2,3)21-9-10(8-13(21)23)14(24)17-6-7-18-15(25)11-4-5-12(22)20-19-11/h4-5,10H,6-9H2,1-3H3,(H,17,24)(H,18,25)(H,20,22). The number of rotatable bonds is 5. The molecule has 1 aliphatic heterocycles. The van der Waals surface area contributed by atoms with Crippen molar-refractivity contribution in [1.29, 1.82) is 0 Å². The molecule has 0 saturated carbocycles. The van der Waals surface area contributed by atoms with Crippen LogP contribution in [0.25, 0.3) is 0 Å². The fourth-order valence-corrected chi connectivity index (χ4v) is 2.60. The molecule has 1 aromatic rings. The second-order valence-electron chi connectivity index (χ2n) is 6.93. The van der Waals surface area contributed by atoms with Crippen LogP contribution in [-0.4, -0.2) is 58.0 Å². The molecule has 136 valence electrons. The van der Waals surface area contributed by atoms with Crippen LogP contribution in [0.2, 0.25) is 0 Å². The van der Waals surface area contributed by atoms with Gasteiger partial charge in [0, 0.05) is 37.7 Å². The summed E-state index contributed by atoms with van der Waals surface area (Å²) in [5, 5.41) is 11.1. The Balaban J connectivity index is 1.74. The summed E-state index contributed by atoms with van der Waals surface area (Å²) in [5.74, 6) is -1.04. The summed E-state index contributed by atoms with van der Waals surface area (Å²) in [6.45, 7) is 6.67. The van der Waals surface area contributed by atoms with Gasteiger partial charge in [-0.3, -0.25) is 19.2 Å². The molecule has 0 bridgehead atoms. The van der Waals surface area contributed by atoms with Crippen molar-refractivity contribution < 1.29 is 14.4 Å². The van der Waals surface area contributed by atoms with E-state index in [1.54, 1.807) is 4.90 Å². The molecule has 0 aliphatic carbocycles. The minimum Gasteiger partial charge on any atom is -0.354 e. The Morgan fingerprint density at radius 1 is 1.24 bits per heavy atom. The van der Waals surface area contributed by atoms with E-state index in [2.05, 4.69) is 20.8 Å². The van der Waals surface area contributed by atoms with Crippen molar-refractivity contribution in [2.45, 2.75) is 32.7 Å². The van der Waals surface area contributed by atoms with Crippen LogP contribution in [0.4, 0.5) is 0 Å². The molecule has 25 heavy (non-hydrogen) atoms. The van der Waals surface area contributed by atoms with E-state index in [1.165, 1.54) is 12.1 Å². The van der Waals surface area contributed by atoms with Gasteiger partial charge in [0.1, 0.15) is 5.69 Å². The maximum atomic E-state index is 12.2. The zero-order chi connectivity index (χ0) is 18.6. The lowest BCUT2D eigenvalue weighted by Crippen LogP contribution is -2.43. The van der Waals surface area contributed by atoms with Gasteiger partial charge >= 0.3 is 0 Å². The number of aromatic nitrogens is 2. The summed E-state index contributed by atoms with van der Waals surface area (Å²) in [5.41, 5.74) is -0.601. The Labute approximate surface area is 145 Å². The third-order valence-electron chi connectivity index (χ3n) is 3.93. The van der Waals surface area contributed by atoms with Crippen molar-refractivity contribution >= 4 is 17.7 Å². The molecule has 1 unspecified atom stereocenters. The number of carbonyl (C=O) groups excluding carboxylic acids is 3. The number of aromatic amines is 1. The van der Waals surface area contributed by atoms with Crippen molar-refractivity contribution in [2.75, 3.05) is 19.6 Å². The zero-order valence-corrected chi connectivity index (χ0v) is 14.6. The largest absolute Gasteiger partial charge is 0.354 e. The highest BCUT2D eigenvalue weighted by Gasteiger charge is 2.39. The van der Waals surface area contributed by atoms with E-state index in [1.807, 2.05) is 20.8 Å². The van der Waals surface area contributed by atoms with E-state index in [9.17, 15) is 19.2 Å². The van der Waals surface area contributed by atoms with Crippen LogP contribution < -0.4 is 16.2 Å². The van der Waals surface area contributed by atoms with E-state index in [0.29, 0.717) is 6.54 Å². The molecule has 9 heteroatoms. The first kappa shape index (κ1) is 18.6. The zero-order valence-electron chi connectivity index (χ0n) is 14.6. The molecule has 1 aromatic heterocycles. The van der Waals surface area contributed by atoms with Crippen LogP contribution in [0.15, 0.2) is 16.9 Å². The summed E-state index contributed by atoms with van der Waals surface area (Å²) < 4.78 is 0. The molecule has 0 radical (unpaired) electrons. The van der Waals surface area contributed by atoms with Gasteiger partial charge in [0.25, 0.3) is 11.5 Å². The maximum absolute atomic E-state index is 12.2. The summed E-state index contributed by atoms with van der Waals surface area (Å²) in [4.78, 5) is 48.5. The fourth-order valence-electron chi connectivity index (χ4n) is 2.60. The third kappa shape index (κ3) is 4.88. The number of amides is 3. The Morgan fingerprint density at radius 3 is 2.48 bits per heavy atom. The molecule has 0 spiro atoms. The van der Waals surface area contributed by atoms with E-state index >= 15 is 0 Å². The van der Waals surface area contributed by atoms with Crippen molar-refractivity contribution in [2.24, 2.45) is 5.92 Å². The van der Waals surface area contributed by atoms with Gasteiger partial charge in [0.05, 0.1) is 5.92 Å². The van der Waals surface area contributed by atoms with E-state index in [-0.39, 0.29) is 54.0 Å². The van der Waals surface area contributed by atoms with Gasteiger partial charge in [-0.1, -0.05) is 0 Å². The molecular weight excluding hydrogens is 326 g/mol. The van der Waals surface area contributed by atoms with Crippen LogP contribution in [0, 0.1) is 5.92 Å². The molecule has 9 nitrogen and oxygen atoms in total. The maximum Gasteiger partial charge on any atom is 0.271 e. The lowest BCUT2D eigenvalue weighted by atomic mass is 10.1. The molecule has 3 amide bonds. The molecule has 1 aliphatic rings. The van der Waals surface area contributed by atoms with Crippen LogP contribution in [-0.2, 0) is 9.59 Å². The van der Waals surface area contributed by atoms with E-state index in [4.69, 9.17) is 0 Å². The summed E-state index contributed by atoms with van der Waals surface area (Å²) in [6, 6.07) is 2.53. The highest BCUT2D eigenvalue weighted by atomic mass is 16.2. The monoisotopic (exact) mass is 349 g/mol. The quantitative estimate of drug-likeness (QED) is 0.604. The van der Waals surface area contributed by atoms with Gasteiger partial charge in [0.2, 0.25) is 11.8 Å².